The van der Waals surface area contributed by atoms with Crippen LogP contribution in [-0.2, 0) is 0 Å². The molecule has 0 saturated carbocycles. The molecule has 1 N–H and O–H groups in total. The van der Waals surface area contributed by atoms with Crippen molar-refractivity contribution in [1.29, 1.82) is 0 Å². The fourth-order valence-corrected chi connectivity index (χ4v) is 0.408. The SMILES string of the molecule is C=C[C@@H](C)[C@@H](O)C#CC. The first kappa shape index (κ1) is 8.26. The van der Waals surface area contributed by atoms with Crippen LogP contribution in [0, 0.1) is 17.8 Å². The Bertz CT molecular complexity index is 138. The summed E-state index contributed by atoms with van der Waals surface area (Å²) in [6.07, 6.45) is 1.14. The highest BCUT2D eigenvalue weighted by molar-refractivity contribution is 5.05. The second kappa shape index (κ2) is 4.17. The van der Waals surface area contributed by atoms with E-state index in [0.29, 0.717) is 0 Å². The van der Waals surface area contributed by atoms with Gasteiger partial charge in [0.25, 0.3) is 0 Å². The molecule has 0 unspecified atom stereocenters. The topological polar surface area (TPSA) is 20.2 Å². The highest BCUT2D eigenvalue weighted by Crippen LogP contribution is 2.01. The molecule has 0 rings (SSSR count). The lowest BCUT2D eigenvalue weighted by molar-refractivity contribution is 0.195. The summed E-state index contributed by atoms with van der Waals surface area (Å²) in [6.45, 7) is 7.12. The van der Waals surface area contributed by atoms with Gasteiger partial charge in [0.2, 0.25) is 0 Å². The van der Waals surface area contributed by atoms with Crippen molar-refractivity contribution >= 4 is 0 Å². The molecule has 2 atom stereocenters. The zero-order valence-electron chi connectivity index (χ0n) is 5.89. The molecule has 0 fully saturated rings. The van der Waals surface area contributed by atoms with E-state index in [1.54, 1.807) is 13.0 Å². The minimum Gasteiger partial charge on any atom is -0.380 e. The van der Waals surface area contributed by atoms with E-state index in [4.69, 9.17) is 5.11 Å². The van der Waals surface area contributed by atoms with Gasteiger partial charge in [-0.1, -0.05) is 18.9 Å². The average Bonchev–Trinajstić information content (AvgIpc) is 1.87. The number of hydrogen-bond donors (Lipinski definition) is 1. The van der Waals surface area contributed by atoms with E-state index in [1.807, 2.05) is 6.92 Å². The van der Waals surface area contributed by atoms with Gasteiger partial charge in [0, 0.05) is 5.92 Å². The third-order valence-electron chi connectivity index (χ3n) is 1.16. The summed E-state index contributed by atoms with van der Waals surface area (Å²) in [5.41, 5.74) is 0. The first-order valence-corrected chi connectivity index (χ1v) is 2.95. The molecule has 9 heavy (non-hydrogen) atoms. The van der Waals surface area contributed by atoms with Crippen molar-refractivity contribution in [2.75, 3.05) is 0 Å². The Morgan fingerprint density at radius 3 is 2.56 bits per heavy atom. The largest absolute Gasteiger partial charge is 0.380 e. The molecule has 1 heteroatoms. The molecule has 0 saturated heterocycles. The monoisotopic (exact) mass is 124 g/mol. The Labute approximate surface area is 56.4 Å². The van der Waals surface area contributed by atoms with Crippen LogP contribution in [0.25, 0.3) is 0 Å². The van der Waals surface area contributed by atoms with Crippen molar-refractivity contribution in [1.82, 2.24) is 0 Å². The maximum Gasteiger partial charge on any atom is 0.120 e. The molecule has 0 radical (unpaired) electrons. The lowest BCUT2D eigenvalue weighted by atomic mass is 10.1. The van der Waals surface area contributed by atoms with E-state index in [-0.39, 0.29) is 5.92 Å². The third kappa shape index (κ3) is 2.94. The summed E-state index contributed by atoms with van der Waals surface area (Å²) < 4.78 is 0. The van der Waals surface area contributed by atoms with Gasteiger partial charge in [-0.3, -0.25) is 0 Å². The van der Waals surface area contributed by atoms with Crippen molar-refractivity contribution in [3.05, 3.63) is 12.7 Å². The lowest BCUT2D eigenvalue weighted by Crippen LogP contribution is -2.12. The van der Waals surface area contributed by atoms with Gasteiger partial charge in [0.15, 0.2) is 0 Å². The van der Waals surface area contributed by atoms with Crippen molar-refractivity contribution < 1.29 is 5.11 Å². The van der Waals surface area contributed by atoms with Crippen LogP contribution >= 0.6 is 0 Å². The van der Waals surface area contributed by atoms with Gasteiger partial charge in [0.1, 0.15) is 6.10 Å². The summed E-state index contributed by atoms with van der Waals surface area (Å²) in [6, 6.07) is 0. The van der Waals surface area contributed by atoms with Crippen LogP contribution in [0.1, 0.15) is 13.8 Å². The second-order valence-corrected chi connectivity index (χ2v) is 1.93. The molecule has 0 bridgehead atoms. The predicted octanol–water partition coefficient (Wildman–Crippen LogP) is 1.19. The van der Waals surface area contributed by atoms with Crippen LogP contribution in [0.2, 0.25) is 0 Å². The zero-order valence-corrected chi connectivity index (χ0v) is 5.89. The van der Waals surface area contributed by atoms with E-state index in [2.05, 4.69) is 18.4 Å². The van der Waals surface area contributed by atoms with Crippen LogP contribution < -0.4 is 0 Å². The number of rotatable bonds is 2. The first-order chi connectivity index (χ1) is 4.22. The van der Waals surface area contributed by atoms with Crippen molar-refractivity contribution in [3.8, 4) is 11.8 Å². The summed E-state index contributed by atoms with van der Waals surface area (Å²) in [5.74, 6) is 5.33. The maximum absolute atomic E-state index is 9.07. The molecule has 0 aromatic rings. The fourth-order valence-electron chi connectivity index (χ4n) is 0.408. The summed E-state index contributed by atoms with van der Waals surface area (Å²) >= 11 is 0. The van der Waals surface area contributed by atoms with E-state index in [9.17, 15) is 0 Å². The molecular formula is C8H12O. The standard InChI is InChI=1S/C8H12O/c1-4-6-8(9)7(3)5-2/h5,7-9H,2H2,1,3H3/t7-,8+/m1/s1. The Balaban J connectivity index is 3.81. The normalized spacial score (nSPS) is 15.0. The highest BCUT2D eigenvalue weighted by Gasteiger charge is 2.04. The first-order valence-electron chi connectivity index (χ1n) is 2.95. The lowest BCUT2D eigenvalue weighted by Gasteiger charge is -2.06. The van der Waals surface area contributed by atoms with Gasteiger partial charge in [0.05, 0.1) is 0 Å². The van der Waals surface area contributed by atoms with Crippen LogP contribution in [0.3, 0.4) is 0 Å². The Hall–Kier alpha value is -0.740. The van der Waals surface area contributed by atoms with E-state index < -0.39 is 6.10 Å². The number of hydrogen-bond acceptors (Lipinski definition) is 1. The molecule has 0 aromatic carbocycles. The number of aliphatic hydroxyl groups is 1. The Morgan fingerprint density at radius 1 is 1.67 bits per heavy atom. The van der Waals surface area contributed by atoms with Crippen molar-refractivity contribution in [3.63, 3.8) is 0 Å². The van der Waals surface area contributed by atoms with E-state index >= 15 is 0 Å². The van der Waals surface area contributed by atoms with Crippen molar-refractivity contribution in [2.24, 2.45) is 5.92 Å². The van der Waals surface area contributed by atoms with Crippen LogP contribution in [0.15, 0.2) is 12.7 Å². The molecule has 0 aliphatic carbocycles. The van der Waals surface area contributed by atoms with Gasteiger partial charge in [-0.2, -0.15) is 0 Å². The zero-order chi connectivity index (χ0) is 7.28. The quantitative estimate of drug-likeness (QED) is 0.433. The highest BCUT2D eigenvalue weighted by atomic mass is 16.3. The molecule has 0 aliphatic heterocycles. The molecule has 0 spiro atoms. The minimum absolute atomic E-state index is 0.0671. The van der Waals surface area contributed by atoms with Crippen LogP contribution in [-0.4, -0.2) is 11.2 Å². The molecule has 0 heterocycles. The average molecular weight is 124 g/mol. The molecule has 1 nitrogen and oxygen atoms in total. The van der Waals surface area contributed by atoms with Gasteiger partial charge >= 0.3 is 0 Å². The molecular weight excluding hydrogens is 112 g/mol. The number of aliphatic hydroxyl groups excluding tert-OH is 1. The fraction of sp³-hybridized carbons (Fsp3) is 0.500. The van der Waals surface area contributed by atoms with Crippen LogP contribution in [0.4, 0.5) is 0 Å². The molecule has 0 aliphatic rings. The second-order valence-electron chi connectivity index (χ2n) is 1.93. The predicted molar refractivity (Wildman–Crippen MR) is 38.8 cm³/mol. The summed E-state index contributed by atoms with van der Waals surface area (Å²) in [5, 5.41) is 9.07. The third-order valence-corrected chi connectivity index (χ3v) is 1.16. The van der Waals surface area contributed by atoms with Gasteiger partial charge in [-0.15, -0.1) is 12.5 Å². The van der Waals surface area contributed by atoms with E-state index in [0.717, 1.165) is 0 Å². The van der Waals surface area contributed by atoms with Gasteiger partial charge in [-0.05, 0) is 6.92 Å². The minimum atomic E-state index is -0.549. The molecule has 50 valence electrons. The summed E-state index contributed by atoms with van der Waals surface area (Å²) in [4.78, 5) is 0. The Kier molecular flexibility index (Phi) is 3.83. The molecule has 0 amide bonds. The maximum atomic E-state index is 9.07. The van der Waals surface area contributed by atoms with Crippen molar-refractivity contribution in [2.45, 2.75) is 20.0 Å². The Morgan fingerprint density at radius 2 is 2.22 bits per heavy atom. The van der Waals surface area contributed by atoms with Crippen LogP contribution in [0.5, 0.6) is 0 Å². The van der Waals surface area contributed by atoms with Gasteiger partial charge < -0.3 is 5.11 Å². The smallest absolute Gasteiger partial charge is 0.120 e. The summed E-state index contributed by atoms with van der Waals surface area (Å²) in [7, 11) is 0. The van der Waals surface area contributed by atoms with E-state index in [1.165, 1.54) is 0 Å². The molecule has 0 aromatic heterocycles. The van der Waals surface area contributed by atoms with Gasteiger partial charge in [-0.25, -0.2) is 0 Å².